The van der Waals surface area contributed by atoms with Crippen molar-refractivity contribution < 1.29 is 9.53 Å². The highest BCUT2D eigenvalue weighted by Crippen LogP contribution is 2.34. The summed E-state index contributed by atoms with van der Waals surface area (Å²) in [5.41, 5.74) is 9.89. The highest BCUT2D eigenvalue weighted by atomic mass is 35.5. The van der Waals surface area contributed by atoms with Gasteiger partial charge in [0.05, 0.1) is 35.1 Å². The van der Waals surface area contributed by atoms with E-state index < -0.39 is 0 Å². The number of rotatable bonds is 3. The maximum absolute atomic E-state index is 13.1. The van der Waals surface area contributed by atoms with Gasteiger partial charge in [0, 0.05) is 45.4 Å². The van der Waals surface area contributed by atoms with Crippen molar-refractivity contribution in [3.05, 3.63) is 82.1 Å². The maximum atomic E-state index is 13.1. The van der Waals surface area contributed by atoms with Crippen molar-refractivity contribution in [2.45, 2.75) is 12.5 Å². The first kappa shape index (κ1) is 20.5. The number of hydrogen-bond donors (Lipinski definition) is 2. The number of hydrogen-bond acceptors (Lipinski definition) is 5. The number of carbonyl (C=O) groups is 1. The third kappa shape index (κ3) is 3.72. The second kappa shape index (κ2) is 8.30. The van der Waals surface area contributed by atoms with Crippen molar-refractivity contribution in [2.75, 3.05) is 12.3 Å². The van der Waals surface area contributed by atoms with Crippen molar-refractivity contribution in [3.8, 4) is 17.0 Å². The third-order valence-corrected chi connectivity index (χ3v) is 5.91. The molecule has 160 valence electrons. The number of ether oxygens (including phenoxy) is 1. The summed E-state index contributed by atoms with van der Waals surface area (Å²) in [5, 5.41) is 4.68. The minimum absolute atomic E-state index is 0.163. The van der Waals surface area contributed by atoms with E-state index in [1.807, 2.05) is 24.3 Å². The Hall–Kier alpha value is -3.35. The molecule has 1 aliphatic heterocycles. The summed E-state index contributed by atoms with van der Waals surface area (Å²) in [6, 6.07) is 14.4. The molecule has 1 aliphatic rings. The zero-order chi connectivity index (χ0) is 22.2. The zero-order valence-electron chi connectivity index (χ0n) is 16.8. The van der Waals surface area contributed by atoms with Crippen molar-refractivity contribution in [1.82, 2.24) is 15.3 Å². The molecule has 5 rings (SSSR count). The van der Waals surface area contributed by atoms with Crippen molar-refractivity contribution >= 4 is 45.7 Å². The van der Waals surface area contributed by atoms with Crippen LogP contribution in [0.1, 0.15) is 28.4 Å². The van der Waals surface area contributed by atoms with E-state index in [4.69, 9.17) is 33.7 Å². The normalized spacial score (nSPS) is 15.1. The van der Waals surface area contributed by atoms with Gasteiger partial charge in [0.15, 0.2) is 0 Å². The number of nitrogen functional groups attached to an aromatic ring is 1. The molecular weight excluding hydrogens is 447 g/mol. The molecule has 0 bridgehead atoms. The monoisotopic (exact) mass is 464 g/mol. The topological polar surface area (TPSA) is 90.1 Å². The molecule has 0 spiro atoms. The van der Waals surface area contributed by atoms with Gasteiger partial charge in [-0.2, -0.15) is 0 Å². The highest BCUT2D eigenvalue weighted by molar-refractivity contribution is 6.35. The lowest BCUT2D eigenvalue weighted by Gasteiger charge is -2.26. The lowest BCUT2D eigenvalue weighted by molar-refractivity contribution is 0.0925. The molecule has 0 radical (unpaired) electrons. The molecule has 2 aromatic heterocycles. The smallest absolute Gasteiger partial charge is 0.255 e. The summed E-state index contributed by atoms with van der Waals surface area (Å²) in [5.74, 6) is 0.493. The molecule has 1 atom stereocenters. The number of nitrogens with zero attached hydrogens (tertiary/aromatic N) is 2. The van der Waals surface area contributed by atoms with Gasteiger partial charge >= 0.3 is 0 Å². The lowest BCUT2D eigenvalue weighted by atomic mass is 10.00. The Morgan fingerprint density at radius 2 is 1.88 bits per heavy atom. The summed E-state index contributed by atoms with van der Waals surface area (Å²) in [4.78, 5) is 22.1. The summed E-state index contributed by atoms with van der Waals surface area (Å²) in [7, 11) is 0. The number of fused-ring (bicyclic) bond motifs is 2. The number of aromatic nitrogens is 2. The molecule has 0 unspecified atom stereocenters. The SMILES string of the molecule is Nc1c(C(=O)N[C@H]2CCOc3ccccc32)cnc2c(-c3cc(Cl)cc(Cl)c3)nccc12. The van der Waals surface area contributed by atoms with Gasteiger partial charge in [0.25, 0.3) is 5.91 Å². The average molecular weight is 465 g/mol. The predicted octanol–water partition coefficient (Wildman–Crippen LogP) is 5.44. The van der Waals surface area contributed by atoms with E-state index in [0.29, 0.717) is 50.9 Å². The highest BCUT2D eigenvalue weighted by Gasteiger charge is 2.24. The largest absolute Gasteiger partial charge is 0.493 e. The van der Waals surface area contributed by atoms with Crippen LogP contribution in [0.4, 0.5) is 5.69 Å². The molecule has 8 heteroatoms. The molecule has 0 aliphatic carbocycles. The van der Waals surface area contributed by atoms with Gasteiger partial charge < -0.3 is 15.8 Å². The number of halogens is 2. The molecule has 6 nitrogen and oxygen atoms in total. The molecule has 4 aromatic rings. The Morgan fingerprint density at radius 1 is 1.09 bits per heavy atom. The van der Waals surface area contributed by atoms with E-state index in [-0.39, 0.29) is 11.9 Å². The number of nitrogens with two attached hydrogens (primary N) is 1. The van der Waals surface area contributed by atoms with Gasteiger partial charge in [0.1, 0.15) is 5.75 Å². The van der Waals surface area contributed by atoms with E-state index in [0.717, 1.165) is 16.9 Å². The number of carbonyl (C=O) groups excluding carboxylic acids is 1. The number of nitrogens with one attached hydrogen (secondary N) is 1. The van der Waals surface area contributed by atoms with Crippen molar-refractivity contribution in [3.63, 3.8) is 0 Å². The van der Waals surface area contributed by atoms with Crippen molar-refractivity contribution in [1.29, 1.82) is 0 Å². The molecular formula is C24H18Cl2N4O2. The van der Waals surface area contributed by atoms with Crippen LogP contribution in [0.15, 0.2) is 60.9 Å². The number of para-hydroxylation sites is 1. The van der Waals surface area contributed by atoms with Gasteiger partial charge in [0.2, 0.25) is 0 Å². The molecule has 1 amide bonds. The predicted molar refractivity (Wildman–Crippen MR) is 126 cm³/mol. The van der Waals surface area contributed by atoms with Crippen LogP contribution in [-0.2, 0) is 0 Å². The fourth-order valence-electron chi connectivity index (χ4n) is 3.96. The number of amides is 1. The van der Waals surface area contributed by atoms with Crippen LogP contribution in [0, 0.1) is 0 Å². The Kier molecular flexibility index (Phi) is 5.33. The minimum atomic E-state index is -0.289. The molecule has 0 saturated heterocycles. The third-order valence-electron chi connectivity index (χ3n) is 5.47. The molecule has 3 N–H and O–H groups in total. The number of pyridine rings is 2. The quantitative estimate of drug-likeness (QED) is 0.421. The fourth-order valence-corrected chi connectivity index (χ4v) is 4.48. The number of benzene rings is 2. The van der Waals surface area contributed by atoms with E-state index in [1.54, 1.807) is 30.5 Å². The Balaban J connectivity index is 1.51. The molecule has 0 fully saturated rings. The van der Waals surface area contributed by atoms with Crippen LogP contribution < -0.4 is 15.8 Å². The van der Waals surface area contributed by atoms with Crippen LogP contribution in [0.3, 0.4) is 0 Å². The summed E-state index contributed by atoms with van der Waals surface area (Å²) in [6.07, 6.45) is 3.78. The van der Waals surface area contributed by atoms with Crippen LogP contribution in [0.5, 0.6) is 5.75 Å². The second-order valence-electron chi connectivity index (χ2n) is 7.50. The van der Waals surface area contributed by atoms with Crippen LogP contribution in [0.2, 0.25) is 10.0 Å². The van der Waals surface area contributed by atoms with Crippen molar-refractivity contribution in [2.24, 2.45) is 0 Å². The second-order valence-corrected chi connectivity index (χ2v) is 8.37. The van der Waals surface area contributed by atoms with Gasteiger partial charge in [-0.3, -0.25) is 14.8 Å². The van der Waals surface area contributed by atoms with E-state index in [9.17, 15) is 4.79 Å². The van der Waals surface area contributed by atoms with Gasteiger partial charge in [-0.1, -0.05) is 41.4 Å². The van der Waals surface area contributed by atoms with E-state index in [1.165, 1.54) is 6.20 Å². The van der Waals surface area contributed by atoms with Gasteiger partial charge in [-0.05, 0) is 30.3 Å². The minimum Gasteiger partial charge on any atom is -0.493 e. The van der Waals surface area contributed by atoms with E-state index in [2.05, 4.69) is 15.3 Å². The first-order valence-electron chi connectivity index (χ1n) is 10.0. The number of anilines is 1. The summed E-state index contributed by atoms with van der Waals surface area (Å²) in [6.45, 7) is 0.532. The Morgan fingerprint density at radius 3 is 2.69 bits per heavy atom. The summed E-state index contributed by atoms with van der Waals surface area (Å²) < 4.78 is 5.68. The summed E-state index contributed by atoms with van der Waals surface area (Å²) >= 11 is 12.3. The standard InChI is InChI=1S/C24H18Cl2N4O2/c25-14-9-13(10-15(26)11-14)22-23-17(5-7-28-22)21(27)18(12-29-23)24(31)30-19-6-8-32-20-4-2-1-3-16(19)20/h1-5,7,9-12,19H,6,8H2,(H2,27,29)(H,30,31)/t19-/m0/s1. The van der Waals surface area contributed by atoms with Gasteiger partial charge in [-0.15, -0.1) is 0 Å². The molecule has 32 heavy (non-hydrogen) atoms. The van der Waals surface area contributed by atoms with Crippen LogP contribution in [0.25, 0.3) is 22.2 Å². The Bertz CT molecular complexity index is 1340. The first-order chi connectivity index (χ1) is 15.5. The van der Waals surface area contributed by atoms with Gasteiger partial charge in [-0.25, -0.2) is 0 Å². The lowest BCUT2D eigenvalue weighted by Crippen LogP contribution is -2.32. The molecule has 3 heterocycles. The Labute approximate surface area is 194 Å². The van der Waals surface area contributed by atoms with E-state index >= 15 is 0 Å². The van der Waals surface area contributed by atoms with Crippen LogP contribution >= 0.6 is 23.2 Å². The fraction of sp³-hybridized carbons (Fsp3) is 0.125. The average Bonchev–Trinajstić information content (AvgIpc) is 2.78. The first-order valence-corrected chi connectivity index (χ1v) is 10.8. The molecule has 0 saturated carbocycles. The zero-order valence-corrected chi connectivity index (χ0v) is 18.3. The maximum Gasteiger partial charge on any atom is 0.255 e. The molecule has 2 aromatic carbocycles. The van der Waals surface area contributed by atoms with Crippen LogP contribution in [-0.4, -0.2) is 22.5 Å².